The highest BCUT2D eigenvalue weighted by atomic mass is 16.5. The van der Waals surface area contributed by atoms with Crippen molar-refractivity contribution in [3.63, 3.8) is 0 Å². The van der Waals surface area contributed by atoms with Crippen LogP contribution in [0.25, 0.3) is 0 Å². The first-order valence-corrected chi connectivity index (χ1v) is 6.62. The second kappa shape index (κ2) is 7.89. The number of ether oxygens (including phenoxy) is 3. The Labute approximate surface area is 116 Å². The molecule has 1 N–H and O–H groups in total. The zero-order valence-corrected chi connectivity index (χ0v) is 12.6. The van der Waals surface area contributed by atoms with E-state index in [1.54, 1.807) is 21.3 Å². The van der Waals surface area contributed by atoms with Crippen molar-refractivity contribution in [2.45, 2.75) is 20.3 Å². The number of hydrogen-bond acceptors (Lipinski definition) is 4. The summed E-state index contributed by atoms with van der Waals surface area (Å²) in [4.78, 5) is 0. The molecule has 0 aliphatic carbocycles. The summed E-state index contributed by atoms with van der Waals surface area (Å²) in [6.07, 6.45) is 0.864. The summed E-state index contributed by atoms with van der Waals surface area (Å²) in [6.45, 7) is 6.31. The SMILES string of the molecule is COc1cc(OC)c(CCNCC(C)C)c(OC)c1. The monoisotopic (exact) mass is 267 g/mol. The topological polar surface area (TPSA) is 39.7 Å². The fourth-order valence-electron chi connectivity index (χ4n) is 1.93. The van der Waals surface area contributed by atoms with Gasteiger partial charge in [-0.25, -0.2) is 0 Å². The molecule has 0 aliphatic rings. The van der Waals surface area contributed by atoms with Crippen LogP contribution in [0, 0.1) is 5.92 Å². The first-order chi connectivity index (χ1) is 9.12. The van der Waals surface area contributed by atoms with Crippen LogP contribution in [-0.4, -0.2) is 34.4 Å². The Bertz CT molecular complexity index is 366. The summed E-state index contributed by atoms with van der Waals surface area (Å²) < 4.78 is 16.1. The third-order valence-electron chi connectivity index (χ3n) is 2.92. The summed E-state index contributed by atoms with van der Waals surface area (Å²) in [5, 5.41) is 3.42. The Morgan fingerprint density at radius 3 is 2.00 bits per heavy atom. The summed E-state index contributed by atoms with van der Waals surface area (Å²) in [7, 11) is 4.97. The highest BCUT2D eigenvalue weighted by Crippen LogP contribution is 2.34. The maximum atomic E-state index is 5.42. The molecular formula is C15H25NO3. The minimum Gasteiger partial charge on any atom is -0.496 e. The van der Waals surface area contributed by atoms with Crippen LogP contribution < -0.4 is 19.5 Å². The molecule has 0 heterocycles. The number of benzene rings is 1. The van der Waals surface area contributed by atoms with Crippen molar-refractivity contribution in [2.24, 2.45) is 5.92 Å². The first kappa shape index (κ1) is 15.6. The minimum absolute atomic E-state index is 0.652. The maximum Gasteiger partial charge on any atom is 0.129 e. The van der Waals surface area contributed by atoms with E-state index >= 15 is 0 Å². The lowest BCUT2D eigenvalue weighted by Gasteiger charge is -2.15. The molecule has 0 spiro atoms. The van der Waals surface area contributed by atoms with Gasteiger partial charge >= 0.3 is 0 Å². The molecule has 0 aromatic heterocycles. The highest BCUT2D eigenvalue weighted by Gasteiger charge is 2.12. The molecule has 1 aromatic rings. The molecule has 0 unspecified atom stereocenters. The lowest BCUT2D eigenvalue weighted by atomic mass is 10.1. The van der Waals surface area contributed by atoms with E-state index < -0.39 is 0 Å². The van der Waals surface area contributed by atoms with E-state index in [1.165, 1.54) is 0 Å². The van der Waals surface area contributed by atoms with Crippen LogP contribution in [0.1, 0.15) is 19.4 Å². The minimum atomic E-state index is 0.652. The Morgan fingerprint density at radius 1 is 1.00 bits per heavy atom. The third kappa shape index (κ3) is 4.63. The summed E-state index contributed by atoms with van der Waals surface area (Å²) in [5.74, 6) is 3.01. The zero-order chi connectivity index (χ0) is 14.3. The van der Waals surface area contributed by atoms with Gasteiger partial charge in [-0.15, -0.1) is 0 Å². The summed E-state index contributed by atoms with van der Waals surface area (Å²) in [6, 6.07) is 3.78. The molecule has 1 aromatic carbocycles. The van der Waals surface area contributed by atoms with E-state index in [4.69, 9.17) is 14.2 Å². The van der Waals surface area contributed by atoms with Crippen molar-refractivity contribution in [3.05, 3.63) is 17.7 Å². The van der Waals surface area contributed by atoms with Crippen LogP contribution in [0.4, 0.5) is 0 Å². The average molecular weight is 267 g/mol. The van der Waals surface area contributed by atoms with Crippen LogP contribution >= 0.6 is 0 Å². The zero-order valence-electron chi connectivity index (χ0n) is 12.6. The summed E-state index contributed by atoms with van der Waals surface area (Å²) in [5.41, 5.74) is 1.07. The van der Waals surface area contributed by atoms with Crippen molar-refractivity contribution >= 4 is 0 Å². The Balaban J connectivity index is 2.79. The molecule has 1 rings (SSSR count). The van der Waals surface area contributed by atoms with E-state index in [0.717, 1.165) is 42.3 Å². The highest BCUT2D eigenvalue weighted by molar-refractivity contribution is 5.50. The number of hydrogen-bond donors (Lipinski definition) is 1. The molecule has 0 fully saturated rings. The van der Waals surface area contributed by atoms with Crippen LogP contribution in [0.3, 0.4) is 0 Å². The van der Waals surface area contributed by atoms with Crippen molar-refractivity contribution in [3.8, 4) is 17.2 Å². The number of methoxy groups -OCH3 is 3. The smallest absolute Gasteiger partial charge is 0.129 e. The van der Waals surface area contributed by atoms with Gasteiger partial charge in [0, 0.05) is 17.7 Å². The van der Waals surface area contributed by atoms with Crippen LogP contribution in [0.15, 0.2) is 12.1 Å². The Morgan fingerprint density at radius 2 is 1.58 bits per heavy atom. The van der Waals surface area contributed by atoms with E-state index in [2.05, 4.69) is 19.2 Å². The van der Waals surface area contributed by atoms with Gasteiger partial charge in [-0.1, -0.05) is 13.8 Å². The Kier molecular flexibility index (Phi) is 6.50. The lowest BCUT2D eigenvalue weighted by Crippen LogP contribution is -2.22. The third-order valence-corrected chi connectivity index (χ3v) is 2.92. The molecule has 4 heteroatoms. The van der Waals surface area contributed by atoms with E-state index in [0.29, 0.717) is 5.92 Å². The van der Waals surface area contributed by atoms with Gasteiger partial charge < -0.3 is 19.5 Å². The second-order valence-electron chi connectivity index (χ2n) is 4.86. The molecule has 0 bridgehead atoms. The van der Waals surface area contributed by atoms with Gasteiger partial charge in [0.1, 0.15) is 17.2 Å². The van der Waals surface area contributed by atoms with E-state index in [9.17, 15) is 0 Å². The van der Waals surface area contributed by atoms with Crippen molar-refractivity contribution in [1.82, 2.24) is 5.32 Å². The molecule has 0 saturated carbocycles. The van der Waals surface area contributed by atoms with Crippen LogP contribution in [-0.2, 0) is 6.42 Å². The molecule has 4 nitrogen and oxygen atoms in total. The van der Waals surface area contributed by atoms with Crippen molar-refractivity contribution < 1.29 is 14.2 Å². The number of rotatable bonds is 8. The molecule has 19 heavy (non-hydrogen) atoms. The molecular weight excluding hydrogens is 242 g/mol. The number of nitrogens with one attached hydrogen (secondary N) is 1. The molecule has 0 aliphatic heterocycles. The van der Waals surface area contributed by atoms with Gasteiger partial charge in [-0.2, -0.15) is 0 Å². The predicted molar refractivity (Wildman–Crippen MR) is 77.5 cm³/mol. The predicted octanol–water partition coefficient (Wildman–Crippen LogP) is 2.50. The average Bonchev–Trinajstić information content (AvgIpc) is 2.42. The van der Waals surface area contributed by atoms with Crippen LogP contribution in [0.2, 0.25) is 0 Å². The van der Waals surface area contributed by atoms with Crippen molar-refractivity contribution in [2.75, 3.05) is 34.4 Å². The second-order valence-corrected chi connectivity index (χ2v) is 4.86. The van der Waals surface area contributed by atoms with Crippen LogP contribution in [0.5, 0.6) is 17.2 Å². The van der Waals surface area contributed by atoms with E-state index in [-0.39, 0.29) is 0 Å². The van der Waals surface area contributed by atoms with Gasteiger partial charge in [0.15, 0.2) is 0 Å². The maximum absolute atomic E-state index is 5.42. The molecule has 0 saturated heterocycles. The van der Waals surface area contributed by atoms with Crippen molar-refractivity contribution in [1.29, 1.82) is 0 Å². The standard InChI is InChI=1S/C15H25NO3/c1-11(2)10-16-7-6-13-14(18-4)8-12(17-3)9-15(13)19-5/h8-9,11,16H,6-7,10H2,1-5H3. The Hall–Kier alpha value is -1.42. The first-order valence-electron chi connectivity index (χ1n) is 6.62. The fraction of sp³-hybridized carbons (Fsp3) is 0.600. The van der Waals surface area contributed by atoms with E-state index in [1.807, 2.05) is 12.1 Å². The largest absolute Gasteiger partial charge is 0.496 e. The van der Waals surface area contributed by atoms with Gasteiger partial charge in [-0.05, 0) is 25.4 Å². The molecule has 0 radical (unpaired) electrons. The summed E-state index contributed by atoms with van der Waals surface area (Å²) >= 11 is 0. The van der Waals surface area contributed by atoms with Gasteiger partial charge in [0.2, 0.25) is 0 Å². The quantitative estimate of drug-likeness (QED) is 0.735. The molecule has 0 amide bonds. The van der Waals surface area contributed by atoms with Gasteiger partial charge in [0.25, 0.3) is 0 Å². The normalized spacial score (nSPS) is 10.6. The lowest BCUT2D eigenvalue weighted by molar-refractivity contribution is 0.368. The fourth-order valence-corrected chi connectivity index (χ4v) is 1.93. The molecule has 0 atom stereocenters. The van der Waals surface area contributed by atoms with Gasteiger partial charge in [-0.3, -0.25) is 0 Å². The van der Waals surface area contributed by atoms with Gasteiger partial charge in [0.05, 0.1) is 21.3 Å². The molecule has 108 valence electrons.